The van der Waals surface area contributed by atoms with Crippen LogP contribution in [-0.2, 0) is 64.0 Å². The number of carbonyl (C=O) groups is 8. The number of imidazole rings is 1. The van der Waals surface area contributed by atoms with Gasteiger partial charge in [-0.3, -0.25) is 43.3 Å². The van der Waals surface area contributed by atoms with Crippen molar-refractivity contribution in [3.8, 4) is 0 Å². The standard InChI is InChI=1S/C53H68N16O8S/c1-30(63-48(73)40(18-20-78-2)64-45(70)25-54)47(72)67-44(24-34-28-58-29-62-34)52(77)69-42(22-32-26-60-37-15-8-6-13-35(32)37)50(75)65-39(17-10-19-59-53(56)57)49(74)68-43(23-33-27-61-38-16-9-7-14-36(33)38)51(76)66-41(46(55)71)21-31-11-4-3-5-12-31/h3-9,11-16,26-30,39-44,60-61H,10,17-25,54H2,1-2H3,(H2,55,71)(H,58,62)(H,63,73)(H,64,70)(H,65,75)(H,66,76)(H,67,72)(H,68,74)(H,69,77)(H4,56,57,59)/t30-,39+,40-,41+,42+,43-,44-/m0/s1. The molecule has 414 valence electrons. The Labute approximate surface area is 454 Å². The predicted molar refractivity (Wildman–Crippen MR) is 297 cm³/mol. The highest BCUT2D eigenvalue weighted by molar-refractivity contribution is 7.98. The molecule has 0 saturated heterocycles. The van der Waals surface area contributed by atoms with Crippen molar-refractivity contribution in [2.45, 2.75) is 94.2 Å². The van der Waals surface area contributed by atoms with Crippen LogP contribution >= 0.6 is 11.8 Å². The molecular weight excluding hydrogens is 1020 g/mol. The SMILES string of the molecule is CSCC[C@H](NC(=O)CN)C(=O)N[C@@H](C)C(=O)N[C@@H](Cc1cnc[nH]1)C(=O)N[C@H](Cc1c[nH]c2ccccc12)C(=O)N[C@H](CCCN=C(N)N)C(=O)N[C@@H](Cc1c[nH]c2ccccc12)C(=O)N[C@H](Cc1ccccc1)C(N)=O. The summed E-state index contributed by atoms with van der Waals surface area (Å²) in [5.74, 6) is -5.58. The second kappa shape index (κ2) is 29.0. The number of guanidine groups is 1. The molecule has 25 heteroatoms. The lowest BCUT2D eigenvalue weighted by Gasteiger charge is -2.27. The van der Waals surface area contributed by atoms with Crippen molar-refractivity contribution in [1.82, 2.24) is 57.2 Å². The number of carbonyl (C=O) groups excluding carboxylic acids is 8. The zero-order valence-corrected chi connectivity index (χ0v) is 44.1. The second-order valence-electron chi connectivity index (χ2n) is 18.6. The third-order valence-corrected chi connectivity index (χ3v) is 13.4. The molecule has 24 nitrogen and oxygen atoms in total. The van der Waals surface area contributed by atoms with Crippen molar-refractivity contribution < 1.29 is 38.4 Å². The summed E-state index contributed by atoms with van der Waals surface area (Å²) in [5, 5.41) is 20.6. The summed E-state index contributed by atoms with van der Waals surface area (Å²) < 4.78 is 0. The van der Waals surface area contributed by atoms with Crippen LogP contribution in [0.25, 0.3) is 21.8 Å². The highest BCUT2D eigenvalue weighted by Crippen LogP contribution is 2.21. The number of fused-ring (bicyclic) bond motifs is 2. The first kappa shape index (κ1) is 58.5. The Bertz CT molecular complexity index is 3030. The summed E-state index contributed by atoms with van der Waals surface area (Å²) in [5.41, 5.74) is 26.5. The number of nitrogens with two attached hydrogens (primary N) is 4. The van der Waals surface area contributed by atoms with Crippen LogP contribution in [-0.4, -0.2) is 141 Å². The number of aromatic amines is 3. The number of hydrogen-bond acceptors (Lipinski definition) is 12. The topological polar surface area (TPSA) is 397 Å². The summed E-state index contributed by atoms with van der Waals surface area (Å²) in [6.45, 7) is 1.12. The lowest BCUT2D eigenvalue weighted by molar-refractivity contribution is -0.135. The number of amides is 8. The van der Waals surface area contributed by atoms with E-state index in [1.165, 1.54) is 31.2 Å². The van der Waals surface area contributed by atoms with Crippen molar-refractivity contribution in [1.29, 1.82) is 0 Å². The smallest absolute Gasteiger partial charge is 0.243 e. The molecule has 0 aliphatic carbocycles. The molecule has 8 amide bonds. The van der Waals surface area contributed by atoms with Crippen molar-refractivity contribution in [3.05, 3.63) is 126 Å². The van der Waals surface area contributed by atoms with Gasteiger partial charge in [-0.25, -0.2) is 4.98 Å². The third kappa shape index (κ3) is 17.2. The van der Waals surface area contributed by atoms with Gasteiger partial charge >= 0.3 is 0 Å². The number of aromatic nitrogens is 4. The molecule has 0 saturated carbocycles. The van der Waals surface area contributed by atoms with Crippen LogP contribution < -0.4 is 60.2 Å². The van der Waals surface area contributed by atoms with E-state index in [1.54, 1.807) is 36.7 Å². The minimum absolute atomic E-state index is 0.0541. The van der Waals surface area contributed by atoms with Crippen LogP contribution in [0, 0.1) is 0 Å². The Hall–Kier alpha value is -8.71. The van der Waals surface area contributed by atoms with Crippen molar-refractivity contribution in [2.75, 3.05) is 25.1 Å². The number of rotatable bonds is 30. The van der Waals surface area contributed by atoms with E-state index in [0.717, 1.165) is 27.4 Å². The van der Waals surface area contributed by atoms with Gasteiger partial charge in [0.15, 0.2) is 5.96 Å². The van der Waals surface area contributed by atoms with E-state index in [4.69, 9.17) is 22.9 Å². The van der Waals surface area contributed by atoms with Crippen LogP contribution in [0.5, 0.6) is 0 Å². The Morgan fingerprint density at radius 1 is 0.577 bits per heavy atom. The number of aliphatic imine (C=N–C) groups is 1. The maximum absolute atomic E-state index is 14.9. The minimum atomic E-state index is -1.41. The quantitative estimate of drug-likeness (QED) is 0.0151. The number of primary amides is 1. The Kier molecular flexibility index (Phi) is 21.8. The van der Waals surface area contributed by atoms with Gasteiger partial charge in [0, 0.05) is 78.3 Å². The largest absolute Gasteiger partial charge is 0.370 e. The first-order valence-electron chi connectivity index (χ1n) is 25.3. The van der Waals surface area contributed by atoms with Gasteiger partial charge in [-0.1, -0.05) is 66.7 Å². The molecule has 0 radical (unpaired) electrons. The van der Waals surface area contributed by atoms with E-state index in [2.05, 4.69) is 62.1 Å². The molecule has 0 unspecified atom stereocenters. The zero-order valence-electron chi connectivity index (χ0n) is 43.3. The lowest BCUT2D eigenvalue weighted by atomic mass is 10.0. The molecule has 78 heavy (non-hydrogen) atoms. The van der Waals surface area contributed by atoms with Gasteiger partial charge in [-0.2, -0.15) is 11.8 Å². The molecule has 0 spiro atoms. The van der Waals surface area contributed by atoms with Crippen molar-refractivity contribution in [3.63, 3.8) is 0 Å². The minimum Gasteiger partial charge on any atom is -0.370 e. The van der Waals surface area contributed by atoms with Crippen molar-refractivity contribution >= 4 is 86.8 Å². The molecule has 6 aromatic rings. The Morgan fingerprint density at radius 2 is 1.08 bits per heavy atom. The highest BCUT2D eigenvalue weighted by Gasteiger charge is 2.34. The van der Waals surface area contributed by atoms with Gasteiger partial charge in [0.2, 0.25) is 47.3 Å². The summed E-state index contributed by atoms with van der Waals surface area (Å²) in [6.07, 6.45) is 8.22. The molecule has 3 aromatic carbocycles. The molecule has 3 heterocycles. The molecule has 0 aliphatic heterocycles. The monoisotopic (exact) mass is 1090 g/mol. The fourth-order valence-corrected chi connectivity index (χ4v) is 9.12. The van der Waals surface area contributed by atoms with E-state index in [9.17, 15) is 38.4 Å². The van der Waals surface area contributed by atoms with Gasteiger partial charge in [0.1, 0.15) is 42.3 Å². The molecule has 3 aromatic heterocycles. The molecule has 6 rings (SSSR count). The van der Waals surface area contributed by atoms with Crippen molar-refractivity contribution in [2.24, 2.45) is 27.9 Å². The number of H-pyrrole nitrogens is 3. The van der Waals surface area contributed by atoms with E-state index in [1.807, 2.05) is 60.9 Å². The molecule has 7 atom stereocenters. The fourth-order valence-electron chi connectivity index (χ4n) is 8.65. The van der Waals surface area contributed by atoms with E-state index in [-0.39, 0.29) is 64.0 Å². The summed E-state index contributed by atoms with van der Waals surface area (Å²) >= 11 is 1.46. The number of benzene rings is 3. The van der Waals surface area contributed by atoms with Gasteiger partial charge < -0.3 is 75.1 Å². The Morgan fingerprint density at radius 3 is 1.62 bits per heavy atom. The summed E-state index contributed by atoms with van der Waals surface area (Å²) in [4.78, 5) is 128. The average molecular weight is 1090 g/mol. The normalized spacial score (nSPS) is 13.8. The van der Waals surface area contributed by atoms with Crippen LogP contribution in [0.3, 0.4) is 0 Å². The number of nitrogens with zero attached hydrogens (tertiary/aromatic N) is 2. The van der Waals surface area contributed by atoms with Crippen LogP contribution in [0.4, 0.5) is 0 Å². The van der Waals surface area contributed by atoms with Crippen LogP contribution in [0.15, 0.2) is 109 Å². The zero-order chi connectivity index (χ0) is 56.1. The molecular formula is C53H68N16O8S. The number of hydrogen-bond donors (Lipinski definition) is 14. The maximum atomic E-state index is 14.9. The predicted octanol–water partition coefficient (Wildman–Crippen LogP) is -0.693. The molecule has 0 fully saturated rings. The van der Waals surface area contributed by atoms with Gasteiger partial charge in [0.05, 0.1) is 12.9 Å². The second-order valence-corrected chi connectivity index (χ2v) is 19.6. The van der Waals surface area contributed by atoms with Crippen LogP contribution in [0.1, 0.15) is 48.6 Å². The lowest BCUT2D eigenvalue weighted by Crippen LogP contribution is -2.60. The maximum Gasteiger partial charge on any atom is 0.243 e. The number of nitrogens with one attached hydrogen (secondary N) is 10. The average Bonchev–Trinajstić information content (AvgIpc) is 4.24. The summed E-state index contributed by atoms with van der Waals surface area (Å²) in [6, 6.07) is 14.8. The first-order valence-corrected chi connectivity index (χ1v) is 26.7. The highest BCUT2D eigenvalue weighted by atomic mass is 32.2. The fraction of sp³-hybridized carbons (Fsp3) is 0.358. The van der Waals surface area contributed by atoms with E-state index < -0.39 is 89.6 Å². The van der Waals surface area contributed by atoms with Gasteiger partial charge in [0.25, 0.3) is 0 Å². The number of para-hydroxylation sites is 2. The van der Waals surface area contributed by atoms with Crippen LogP contribution in [0.2, 0.25) is 0 Å². The molecule has 18 N–H and O–H groups in total. The van der Waals surface area contributed by atoms with Gasteiger partial charge in [-0.05, 0) is 67.0 Å². The van der Waals surface area contributed by atoms with E-state index in [0.29, 0.717) is 22.6 Å². The van der Waals surface area contributed by atoms with E-state index >= 15 is 0 Å². The first-order chi connectivity index (χ1) is 37.5. The number of thioether (sulfide) groups is 1. The van der Waals surface area contributed by atoms with Gasteiger partial charge in [-0.15, -0.1) is 0 Å². The molecule has 0 aliphatic rings. The summed E-state index contributed by atoms with van der Waals surface area (Å²) in [7, 11) is 0. The third-order valence-electron chi connectivity index (χ3n) is 12.8. The Balaban J connectivity index is 1.29. The molecule has 0 bridgehead atoms.